The van der Waals surface area contributed by atoms with Crippen molar-refractivity contribution in [3.05, 3.63) is 0 Å². The Bertz CT molecular complexity index is 363. The number of aliphatic carboxylic acids is 1. The third-order valence-electron chi connectivity index (χ3n) is 4.84. The lowest BCUT2D eigenvalue weighted by Crippen LogP contribution is -2.52. The van der Waals surface area contributed by atoms with Crippen LogP contribution in [0.25, 0.3) is 0 Å². The number of carbonyl (C=O) groups excluding carboxylic acids is 1. The smallest absolute Gasteiger partial charge is 0.320 e. The van der Waals surface area contributed by atoms with Gasteiger partial charge in [0.2, 0.25) is 0 Å². The summed E-state index contributed by atoms with van der Waals surface area (Å²) < 4.78 is 0. The number of nitrogens with zero attached hydrogens (tertiary/aromatic N) is 2. The quantitative estimate of drug-likeness (QED) is 0.867. The first kappa shape index (κ1) is 16.1. The van der Waals surface area contributed by atoms with Crippen molar-refractivity contribution in [3.63, 3.8) is 0 Å². The number of hydrogen-bond donors (Lipinski definition) is 1. The summed E-state index contributed by atoms with van der Waals surface area (Å²) in [7, 11) is 0. The minimum absolute atomic E-state index is 0.182. The summed E-state index contributed by atoms with van der Waals surface area (Å²) in [4.78, 5) is 27.5. The summed E-state index contributed by atoms with van der Waals surface area (Å²) in [5.41, 5.74) is 0. The zero-order valence-corrected chi connectivity index (χ0v) is 13.1. The van der Waals surface area contributed by atoms with E-state index in [0.717, 1.165) is 45.1 Å². The predicted molar refractivity (Wildman–Crippen MR) is 81.2 cm³/mol. The molecule has 0 bridgehead atoms. The van der Waals surface area contributed by atoms with Crippen molar-refractivity contribution >= 4 is 12.0 Å². The van der Waals surface area contributed by atoms with E-state index in [4.69, 9.17) is 5.11 Å². The van der Waals surface area contributed by atoms with Crippen molar-refractivity contribution in [2.24, 2.45) is 5.92 Å². The maximum absolute atomic E-state index is 12.7. The molecule has 2 aliphatic rings. The largest absolute Gasteiger partial charge is 0.481 e. The molecule has 21 heavy (non-hydrogen) atoms. The van der Waals surface area contributed by atoms with Crippen LogP contribution < -0.4 is 0 Å². The number of carboxylic acids is 1. The van der Waals surface area contributed by atoms with Gasteiger partial charge >= 0.3 is 12.0 Å². The Kier molecular flexibility index (Phi) is 5.88. The minimum Gasteiger partial charge on any atom is -0.481 e. The third kappa shape index (κ3) is 4.35. The monoisotopic (exact) mass is 296 g/mol. The number of carboxylic acid groups (broad SMARTS) is 1. The number of likely N-dealkylation sites (tertiary alicyclic amines) is 2. The zero-order valence-electron chi connectivity index (χ0n) is 13.1. The first-order chi connectivity index (χ1) is 10.1. The molecule has 0 saturated carbocycles. The Hall–Kier alpha value is -1.26. The average molecular weight is 296 g/mol. The number of hydrogen-bond acceptors (Lipinski definition) is 2. The Labute approximate surface area is 127 Å². The Morgan fingerprint density at radius 1 is 1.10 bits per heavy atom. The molecule has 0 aromatic carbocycles. The summed E-state index contributed by atoms with van der Waals surface area (Å²) in [6.07, 6.45) is 7.58. The summed E-state index contributed by atoms with van der Waals surface area (Å²) in [5, 5.41) is 8.85. The summed E-state index contributed by atoms with van der Waals surface area (Å²) >= 11 is 0. The highest BCUT2D eigenvalue weighted by atomic mass is 16.4. The molecular formula is C16H28N2O3. The number of carbonyl (C=O) groups is 2. The second kappa shape index (κ2) is 7.66. The van der Waals surface area contributed by atoms with E-state index in [1.807, 2.05) is 4.90 Å². The van der Waals surface area contributed by atoms with Gasteiger partial charge in [0.15, 0.2) is 0 Å². The maximum atomic E-state index is 12.7. The number of rotatable bonds is 4. The lowest BCUT2D eigenvalue weighted by molar-refractivity contribution is -0.138. The highest BCUT2D eigenvalue weighted by molar-refractivity contribution is 5.75. The molecule has 0 aromatic rings. The highest BCUT2D eigenvalue weighted by Gasteiger charge is 2.31. The molecule has 1 unspecified atom stereocenters. The fourth-order valence-electron chi connectivity index (χ4n) is 3.64. The average Bonchev–Trinajstić information content (AvgIpc) is 2.48. The molecule has 5 nitrogen and oxygen atoms in total. The van der Waals surface area contributed by atoms with Crippen LogP contribution in [0.1, 0.15) is 58.3 Å². The number of piperidine rings is 2. The lowest BCUT2D eigenvalue weighted by atomic mass is 9.93. The van der Waals surface area contributed by atoms with Gasteiger partial charge in [-0.05, 0) is 44.4 Å². The predicted octanol–water partition coefficient (Wildman–Crippen LogP) is 2.95. The van der Waals surface area contributed by atoms with Gasteiger partial charge in [-0.3, -0.25) is 4.79 Å². The van der Waals surface area contributed by atoms with Crippen LogP contribution in [0.3, 0.4) is 0 Å². The highest BCUT2D eigenvalue weighted by Crippen LogP contribution is 2.25. The van der Waals surface area contributed by atoms with E-state index in [1.54, 1.807) is 0 Å². The molecule has 0 aliphatic carbocycles. The van der Waals surface area contributed by atoms with E-state index in [9.17, 15) is 9.59 Å². The Balaban J connectivity index is 1.86. The molecule has 120 valence electrons. The molecule has 0 aromatic heterocycles. The minimum atomic E-state index is -0.723. The fraction of sp³-hybridized carbons (Fsp3) is 0.875. The van der Waals surface area contributed by atoms with Crippen LogP contribution >= 0.6 is 0 Å². The van der Waals surface area contributed by atoms with Crippen molar-refractivity contribution in [2.45, 2.75) is 64.3 Å². The van der Waals surface area contributed by atoms with Crippen LogP contribution in [0.5, 0.6) is 0 Å². The normalized spacial score (nSPS) is 24.1. The molecule has 1 atom stereocenters. The molecule has 2 saturated heterocycles. The van der Waals surface area contributed by atoms with Crippen molar-refractivity contribution in [1.82, 2.24) is 9.80 Å². The molecule has 2 heterocycles. The number of amides is 2. The Morgan fingerprint density at radius 2 is 1.81 bits per heavy atom. The lowest BCUT2D eigenvalue weighted by Gasteiger charge is -2.41. The van der Waals surface area contributed by atoms with Gasteiger partial charge < -0.3 is 14.9 Å². The maximum Gasteiger partial charge on any atom is 0.320 e. The van der Waals surface area contributed by atoms with Crippen molar-refractivity contribution < 1.29 is 14.7 Å². The van der Waals surface area contributed by atoms with Crippen molar-refractivity contribution in [2.75, 3.05) is 19.6 Å². The van der Waals surface area contributed by atoms with Crippen LogP contribution in [0.4, 0.5) is 4.79 Å². The molecule has 2 aliphatic heterocycles. The van der Waals surface area contributed by atoms with Gasteiger partial charge in [0.1, 0.15) is 0 Å². The fourth-order valence-corrected chi connectivity index (χ4v) is 3.64. The van der Waals surface area contributed by atoms with Crippen molar-refractivity contribution in [1.29, 1.82) is 0 Å². The van der Waals surface area contributed by atoms with E-state index in [0.29, 0.717) is 19.1 Å². The van der Waals surface area contributed by atoms with Gasteiger partial charge in [0.05, 0.1) is 0 Å². The van der Waals surface area contributed by atoms with E-state index in [2.05, 4.69) is 11.8 Å². The second-order valence-corrected chi connectivity index (χ2v) is 6.44. The molecular weight excluding hydrogens is 268 g/mol. The van der Waals surface area contributed by atoms with Gasteiger partial charge in [-0.15, -0.1) is 0 Å². The van der Waals surface area contributed by atoms with Gasteiger partial charge in [0, 0.05) is 32.1 Å². The van der Waals surface area contributed by atoms with Gasteiger partial charge in [-0.25, -0.2) is 4.79 Å². The molecule has 0 spiro atoms. The second-order valence-electron chi connectivity index (χ2n) is 6.44. The molecule has 2 fully saturated rings. The molecule has 5 heteroatoms. The first-order valence-electron chi connectivity index (χ1n) is 8.39. The van der Waals surface area contributed by atoms with Crippen molar-refractivity contribution in [3.8, 4) is 0 Å². The third-order valence-corrected chi connectivity index (χ3v) is 4.84. The van der Waals surface area contributed by atoms with Gasteiger partial charge in [-0.1, -0.05) is 13.3 Å². The number of urea groups is 1. The first-order valence-corrected chi connectivity index (χ1v) is 8.39. The topological polar surface area (TPSA) is 60.9 Å². The zero-order chi connectivity index (χ0) is 15.2. The SMILES string of the molecule is CCCC1CCCCN1C(=O)N1CCC(CC(=O)O)CC1. The van der Waals surface area contributed by atoms with E-state index >= 15 is 0 Å². The van der Waals surface area contributed by atoms with E-state index in [1.165, 1.54) is 6.42 Å². The standard InChI is InChI=1S/C16H28N2O3/c1-2-5-14-6-3-4-9-18(14)16(21)17-10-7-13(8-11-17)12-15(19)20/h13-14H,2-12H2,1H3,(H,19,20). The summed E-state index contributed by atoms with van der Waals surface area (Å²) in [6, 6.07) is 0.593. The van der Waals surface area contributed by atoms with Gasteiger partial charge in [-0.2, -0.15) is 0 Å². The van der Waals surface area contributed by atoms with Crippen LogP contribution in [0, 0.1) is 5.92 Å². The van der Waals surface area contributed by atoms with Crippen LogP contribution in [-0.2, 0) is 4.79 Å². The Morgan fingerprint density at radius 3 is 2.43 bits per heavy atom. The summed E-state index contributed by atoms with van der Waals surface area (Å²) in [6.45, 7) is 4.49. The molecule has 1 N–H and O–H groups in total. The summed E-state index contributed by atoms with van der Waals surface area (Å²) in [5.74, 6) is -0.488. The van der Waals surface area contributed by atoms with E-state index < -0.39 is 5.97 Å². The van der Waals surface area contributed by atoms with Crippen LogP contribution in [-0.4, -0.2) is 52.6 Å². The van der Waals surface area contributed by atoms with Crippen LogP contribution in [0.15, 0.2) is 0 Å². The molecule has 0 radical (unpaired) electrons. The van der Waals surface area contributed by atoms with Gasteiger partial charge in [0.25, 0.3) is 0 Å². The van der Waals surface area contributed by atoms with Crippen LogP contribution in [0.2, 0.25) is 0 Å². The molecule has 2 amide bonds. The van der Waals surface area contributed by atoms with E-state index in [-0.39, 0.29) is 18.4 Å². The molecule has 2 rings (SSSR count).